The van der Waals surface area contributed by atoms with Gasteiger partial charge in [0.1, 0.15) is 5.82 Å². The molecular formula is C15H20N2O3. The van der Waals surface area contributed by atoms with Gasteiger partial charge in [-0.15, -0.1) is 0 Å². The molecule has 108 valence electrons. The van der Waals surface area contributed by atoms with Crippen molar-refractivity contribution in [1.29, 1.82) is 0 Å². The summed E-state index contributed by atoms with van der Waals surface area (Å²) in [7, 11) is 0. The van der Waals surface area contributed by atoms with Crippen molar-refractivity contribution in [3.05, 3.63) is 29.6 Å². The summed E-state index contributed by atoms with van der Waals surface area (Å²) in [5, 5.41) is 18.8. The fourth-order valence-electron chi connectivity index (χ4n) is 2.49. The Hall–Kier alpha value is -1.88. The van der Waals surface area contributed by atoms with Crippen LogP contribution < -0.4 is 0 Å². The number of aliphatic hydroxyl groups excluding tert-OH is 1. The average molecular weight is 276 g/mol. The van der Waals surface area contributed by atoms with E-state index in [4.69, 9.17) is 5.11 Å². The number of hydrogen-bond donors (Lipinski definition) is 2. The van der Waals surface area contributed by atoms with Gasteiger partial charge in [0.2, 0.25) is 0 Å². The molecule has 1 aromatic carbocycles. The molecule has 0 aliphatic rings. The van der Waals surface area contributed by atoms with E-state index in [0.29, 0.717) is 0 Å². The highest BCUT2D eigenvalue weighted by Crippen LogP contribution is 2.27. The number of benzene rings is 1. The molecule has 2 rings (SSSR count). The normalized spacial score (nSPS) is 13.1. The van der Waals surface area contributed by atoms with Crippen LogP contribution in [0.5, 0.6) is 0 Å². The van der Waals surface area contributed by atoms with Gasteiger partial charge in [-0.1, -0.05) is 20.8 Å². The second-order valence-corrected chi connectivity index (χ2v) is 5.25. The molecule has 2 aromatic rings. The summed E-state index contributed by atoms with van der Waals surface area (Å²) in [5.74, 6) is 0.147. The van der Waals surface area contributed by atoms with Crippen molar-refractivity contribution >= 4 is 17.0 Å². The lowest BCUT2D eigenvalue weighted by atomic mass is 10.0. The zero-order valence-corrected chi connectivity index (χ0v) is 12.0. The Morgan fingerprint density at radius 3 is 2.60 bits per heavy atom. The van der Waals surface area contributed by atoms with Crippen LogP contribution in [0.4, 0.5) is 0 Å². The van der Waals surface area contributed by atoms with Crippen LogP contribution in [0.15, 0.2) is 18.2 Å². The van der Waals surface area contributed by atoms with Gasteiger partial charge in [-0.2, -0.15) is 0 Å². The van der Waals surface area contributed by atoms with Crippen molar-refractivity contribution in [1.82, 2.24) is 9.55 Å². The number of aliphatic hydroxyl groups is 1. The van der Waals surface area contributed by atoms with Crippen molar-refractivity contribution < 1.29 is 15.0 Å². The number of rotatable bonds is 5. The lowest BCUT2D eigenvalue weighted by Crippen LogP contribution is -2.21. The highest BCUT2D eigenvalue weighted by molar-refractivity contribution is 5.92. The van der Waals surface area contributed by atoms with Crippen LogP contribution in [0, 0.1) is 5.92 Å². The maximum Gasteiger partial charge on any atom is 0.335 e. The van der Waals surface area contributed by atoms with Crippen LogP contribution in [-0.2, 0) is 6.42 Å². The second kappa shape index (κ2) is 5.63. The molecule has 20 heavy (non-hydrogen) atoms. The van der Waals surface area contributed by atoms with Crippen LogP contribution in [0.3, 0.4) is 0 Å². The Labute approximate surface area is 117 Å². The van der Waals surface area contributed by atoms with Crippen LogP contribution in [0.2, 0.25) is 0 Å². The molecule has 2 N–H and O–H groups in total. The molecule has 1 aromatic heterocycles. The van der Waals surface area contributed by atoms with Gasteiger partial charge in [0.15, 0.2) is 0 Å². The number of carboxylic acid groups (broad SMARTS) is 1. The number of carbonyl (C=O) groups is 1. The summed E-state index contributed by atoms with van der Waals surface area (Å²) in [6.07, 6.45) is 0.736. The number of carboxylic acids is 1. The van der Waals surface area contributed by atoms with E-state index < -0.39 is 5.97 Å². The lowest BCUT2D eigenvalue weighted by molar-refractivity contribution is 0.0697. The molecule has 5 nitrogen and oxygen atoms in total. The van der Waals surface area contributed by atoms with E-state index in [1.54, 1.807) is 18.2 Å². The van der Waals surface area contributed by atoms with E-state index in [0.717, 1.165) is 23.3 Å². The zero-order chi connectivity index (χ0) is 14.9. The van der Waals surface area contributed by atoms with E-state index >= 15 is 0 Å². The molecule has 0 saturated carbocycles. The third-order valence-corrected chi connectivity index (χ3v) is 3.61. The first-order valence-corrected chi connectivity index (χ1v) is 6.84. The third kappa shape index (κ3) is 2.41. The van der Waals surface area contributed by atoms with Crippen molar-refractivity contribution in [2.75, 3.05) is 6.61 Å². The number of hydrogen-bond acceptors (Lipinski definition) is 3. The van der Waals surface area contributed by atoms with Crippen LogP contribution >= 0.6 is 0 Å². The molecule has 0 aliphatic carbocycles. The van der Waals surface area contributed by atoms with E-state index in [-0.39, 0.29) is 24.1 Å². The van der Waals surface area contributed by atoms with Gasteiger partial charge in [0.25, 0.3) is 0 Å². The molecule has 0 amide bonds. The Morgan fingerprint density at radius 2 is 2.10 bits per heavy atom. The molecule has 0 bridgehead atoms. The molecule has 1 heterocycles. The molecular weight excluding hydrogens is 256 g/mol. The van der Waals surface area contributed by atoms with E-state index in [1.807, 2.05) is 25.3 Å². The summed E-state index contributed by atoms with van der Waals surface area (Å²) in [6, 6.07) is 4.82. The van der Waals surface area contributed by atoms with Crippen LogP contribution in [-0.4, -0.2) is 32.3 Å². The Kier molecular flexibility index (Phi) is 4.09. The second-order valence-electron chi connectivity index (χ2n) is 5.25. The molecule has 1 atom stereocenters. The predicted molar refractivity (Wildman–Crippen MR) is 77.0 cm³/mol. The zero-order valence-electron chi connectivity index (χ0n) is 12.0. The minimum Gasteiger partial charge on any atom is -0.478 e. The van der Waals surface area contributed by atoms with Crippen molar-refractivity contribution in [3.63, 3.8) is 0 Å². The maximum atomic E-state index is 11.1. The first kappa shape index (κ1) is 14.5. The maximum absolute atomic E-state index is 11.1. The first-order valence-electron chi connectivity index (χ1n) is 6.84. The monoisotopic (exact) mass is 276 g/mol. The summed E-state index contributed by atoms with van der Waals surface area (Å²) in [6.45, 7) is 6.08. The van der Waals surface area contributed by atoms with Crippen LogP contribution in [0.1, 0.15) is 43.0 Å². The van der Waals surface area contributed by atoms with Gasteiger partial charge in [-0.3, -0.25) is 0 Å². The molecule has 0 saturated heterocycles. The van der Waals surface area contributed by atoms with Crippen molar-refractivity contribution in [2.45, 2.75) is 33.2 Å². The van der Waals surface area contributed by atoms with Gasteiger partial charge < -0.3 is 14.8 Å². The first-order chi connectivity index (χ1) is 9.49. The van der Waals surface area contributed by atoms with Crippen molar-refractivity contribution in [3.8, 4) is 0 Å². The minimum absolute atomic E-state index is 0.00737. The molecule has 0 radical (unpaired) electrons. The quantitative estimate of drug-likeness (QED) is 0.879. The summed E-state index contributed by atoms with van der Waals surface area (Å²) < 4.78 is 1.98. The van der Waals surface area contributed by atoms with Gasteiger partial charge in [-0.25, -0.2) is 9.78 Å². The molecule has 0 fully saturated rings. The summed E-state index contributed by atoms with van der Waals surface area (Å²) in [5.41, 5.74) is 1.78. The number of imidazole rings is 1. The smallest absolute Gasteiger partial charge is 0.335 e. The fraction of sp³-hybridized carbons (Fsp3) is 0.467. The summed E-state index contributed by atoms with van der Waals surface area (Å²) in [4.78, 5) is 15.7. The van der Waals surface area contributed by atoms with E-state index in [1.165, 1.54) is 0 Å². The Balaban J connectivity index is 2.71. The highest BCUT2D eigenvalue weighted by atomic mass is 16.4. The average Bonchev–Trinajstić information content (AvgIpc) is 2.77. The lowest BCUT2D eigenvalue weighted by Gasteiger charge is -2.23. The van der Waals surface area contributed by atoms with E-state index in [9.17, 15) is 9.90 Å². The topological polar surface area (TPSA) is 75.3 Å². The molecule has 5 heteroatoms. The largest absolute Gasteiger partial charge is 0.478 e. The van der Waals surface area contributed by atoms with Gasteiger partial charge >= 0.3 is 5.97 Å². The molecule has 0 spiro atoms. The van der Waals surface area contributed by atoms with E-state index in [2.05, 4.69) is 4.98 Å². The Bertz CT molecular complexity index is 631. The third-order valence-electron chi connectivity index (χ3n) is 3.61. The minimum atomic E-state index is -0.956. The molecule has 0 aliphatic heterocycles. The van der Waals surface area contributed by atoms with Crippen LogP contribution in [0.25, 0.3) is 11.0 Å². The number of fused-ring (bicyclic) bond motifs is 1. The van der Waals surface area contributed by atoms with Gasteiger partial charge in [-0.05, 0) is 24.1 Å². The highest BCUT2D eigenvalue weighted by Gasteiger charge is 2.21. The predicted octanol–water partition coefficient (Wildman–Crippen LogP) is 2.49. The molecule has 0 unspecified atom stereocenters. The number of aromatic nitrogens is 2. The summed E-state index contributed by atoms with van der Waals surface area (Å²) >= 11 is 0. The number of nitrogens with zero attached hydrogens (tertiary/aromatic N) is 2. The van der Waals surface area contributed by atoms with Crippen molar-refractivity contribution in [2.24, 2.45) is 5.92 Å². The SMILES string of the molecule is CCc1nc2ccc(C(=O)O)cc2n1[C@@H](CO)C(C)C. The number of aromatic carboxylic acids is 1. The van der Waals surface area contributed by atoms with Gasteiger partial charge in [0.05, 0.1) is 29.2 Å². The Morgan fingerprint density at radius 1 is 1.40 bits per heavy atom. The van der Waals surface area contributed by atoms with Gasteiger partial charge in [0, 0.05) is 6.42 Å². The fourth-order valence-corrected chi connectivity index (χ4v) is 2.49. The standard InChI is InChI=1S/C15H20N2O3/c1-4-14-16-11-6-5-10(15(19)20)7-12(11)17(14)13(8-18)9(2)3/h5-7,9,13,18H,4,8H2,1-3H3,(H,19,20)/t13-/m0/s1. The number of aryl methyl sites for hydroxylation is 1.